The zero-order valence-electron chi connectivity index (χ0n) is 16.3. The Morgan fingerprint density at radius 3 is 2.56 bits per heavy atom. The molecule has 2 rings (SSSR count). The van der Waals surface area contributed by atoms with Crippen molar-refractivity contribution in [3.05, 3.63) is 23.3 Å². The second-order valence-electron chi connectivity index (χ2n) is 7.24. The van der Waals surface area contributed by atoms with Crippen molar-refractivity contribution in [1.82, 2.24) is 30.2 Å². The van der Waals surface area contributed by atoms with E-state index in [4.69, 9.17) is 4.74 Å². The summed E-state index contributed by atoms with van der Waals surface area (Å²) in [6, 6.07) is -0.650. The van der Waals surface area contributed by atoms with Gasteiger partial charge in [-0.15, -0.1) is 0 Å². The van der Waals surface area contributed by atoms with Gasteiger partial charge in [-0.2, -0.15) is 10.1 Å². The number of hydrogen-bond donors (Lipinski definition) is 2. The number of imide groups is 1. The fourth-order valence-electron chi connectivity index (χ4n) is 2.43. The highest BCUT2D eigenvalue weighted by Crippen LogP contribution is 2.14. The van der Waals surface area contributed by atoms with Gasteiger partial charge in [-0.25, -0.2) is 14.3 Å². The van der Waals surface area contributed by atoms with Crippen LogP contribution >= 0.6 is 0 Å². The van der Waals surface area contributed by atoms with Crippen LogP contribution in [0.3, 0.4) is 0 Å². The lowest BCUT2D eigenvalue weighted by atomic mass is 10.1. The minimum atomic E-state index is -1.12. The first-order valence-corrected chi connectivity index (χ1v) is 8.46. The number of aryl methyl sites for hydroxylation is 2. The molecule has 146 valence electrons. The van der Waals surface area contributed by atoms with Crippen molar-refractivity contribution in [2.24, 2.45) is 0 Å². The van der Waals surface area contributed by atoms with Crippen molar-refractivity contribution in [3.63, 3.8) is 0 Å². The summed E-state index contributed by atoms with van der Waals surface area (Å²) in [5, 5.41) is 8.80. The molecule has 0 aliphatic heterocycles. The molecule has 2 aromatic rings. The van der Waals surface area contributed by atoms with E-state index in [1.165, 1.54) is 17.8 Å². The summed E-state index contributed by atoms with van der Waals surface area (Å²) in [5.74, 6) is -0.871. The van der Waals surface area contributed by atoms with Crippen molar-refractivity contribution >= 4 is 23.7 Å². The first kappa shape index (κ1) is 20.3. The molecule has 0 aliphatic rings. The molecule has 0 radical (unpaired) electrons. The summed E-state index contributed by atoms with van der Waals surface area (Å²) >= 11 is 0. The molecule has 0 saturated heterocycles. The van der Waals surface area contributed by atoms with Crippen molar-refractivity contribution in [2.75, 3.05) is 0 Å². The number of amides is 3. The molecule has 27 heavy (non-hydrogen) atoms. The maximum absolute atomic E-state index is 12.2. The predicted octanol–water partition coefficient (Wildman–Crippen LogP) is 0.840. The number of nitrogens with zero attached hydrogens (tertiary/aromatic N) is 4. The lowest BCUT2D eigenvalue weighted by Crippen LogP contribution is -2.50. The molecule has 10 nitrogen and oxygen atoms in total. The van der Waals surface area contributed by atoms with E-state index < -0.39 is 29.6 Å². The Balaban J connectivity index is 1.99. The van der Waals surface area contributed by atoms with Crippen LogP contribution in [0.25, 0.3) is 5.78 Å². The van der Waals surface area contributed by atoms with Crippen molar-refractivity contribution < 1.29 is 19.1 Å². The van der Waals surface area contributed by atoms with Gasteiger partial charge < -0.3 is 10.1 Å². The zero-order chi connectivity index (χ0) is 20.4. The van der Waals surface area contributed by atoms with Gasteiger partial charge in [0.2, 0.25) is 0 Å². The standard InChI is InChI=1S/C17H24N6O4/c1-9-12(10(2)23-15(20-9)18-8-19-23)7-13(24)27-11(3)14(25)21-16(26)22-17(4,5)6/h8,11H,7H2,1-6H3,(H2,21,22,25,26)/t11-/m1/s1. The number of carbonyl (C=O) groups is 3. The van der Waals surface area contributed by atoms with Crippen LogP contribution in [0, 0.1) is 13.8 Å². The first-order valence-electron chi connectivity index (χ1n) is 8.46. The highest BCUT2D eigenvalue weighted by Gasteiger charge is 2.23. The van der Waals surface area contributed by atoms with Gasteiger partial charge >= 0.3 is 12.0 Å². The van der Waals surface area contributed by atoms with Gasteiger partial charge in [0.25, 0.3) is 11.7 Å². The van der Waals surface area contributed by atoms with Gasteiger partial charge in [-0.3, -0.25) is 14.9 Å². The molecule has 2 N–H and O–H groups in total. The maximum atomic E-state index is 12.2. The largest absolute Gasteiger partial charge is 0.452 e. The van der Waals surface area contributed by atoms with Crippen LogP contribution in [-0.4, -0.2) is 49.1 Å². The predicted molar refractivity (Wildman–Crippen MR) is 95.9 cm³/mol. The number of fused-ring (bicyclic) bond motifs is 1. The number of nitrogens with one attached hydrogen (secondary N) is 2. The van der Waals surface area contributed by atoms with Gasteiger partial charge in [-0.05, 0) is 41.5 Å². The van der Waals surface area contributed by atoms with Crippen molar-refractivity contribution in [1.29, 1.82) is 0 Å². The van der Waals surface area contributed by atoms with Crippen LogP contribution in [0.5, 0.6) is 0 Å². The summed E-state index contributed by atoms with van der Waals surface area (Å²) in [6.45, 7) is 10.3. The summed E-state index contributed by atoms with van der Waals surface area (Å²) < 4.78 is 6.68. The van der Waals surface area contributed by atoms with Gasteiger partial charge in [0.05, 0.1) is 6.42 Å². The third kappa shape index (κ3) is 5.22. The van der Waals surface area contributed by atoms with E-state index in [1.807, 2.05) is 0 Å². The second kappa shape index (κ2) is 7.68. The minimum absolute atomic E-state index is 0.0771. The van der Waals surface area contributed by atoms with Crippen LogP contribution < -0.4 is 10.6 Å². The molecule has 1 atom stereocenters. The van der Waals surface area contributed by atoms with Crippen molar-refractivity contribution in [2.45, 2.75) is 59.6 Å². The maximum Gasteiger partial charge on any atom is 0.321 e. The Bertz CT molecular complexity index is 883. The van der Waals surface area contributed by atoms with Gasteiger partial charge in [0.1, 0.15) is 6.33 Å². The molecule has 0 aliphatic carbocycles. The highest BCUT2D eigenvalue weighted by molar-refractivity contribution is 5.97. The molecule has 2 aromatic heterocycles. The average Bonchev–Trinajstić information content (AvgIpc) is 2.97. The smallest absolute Gasteiger partial charge is 0.321 e. The Labute approximate surface area is 156 Å². The van der Waals surface area contributed by atoms with E-state index in [-0.39, 0.29) is 6.42 Å². The van der Waals surface area contributed by atoms with E-state index in [2.05, 4.69) is 25.7 Å². The zero-order valence-corrected chi connectivity index (χ0v) is 16.3. The molecule has 0 bridgehead atoms. The monoisotopic (exact) mass is 376 g/mol. The molecule has 0 saturated carbocycles. The summed E-state index contributed by atoms with van der Waals surface area (Å²) in [5.41, 5.74) is 1.50. The Morgan fingerprint density at radius 1 is 1.26 bits per heavy atom. The Hall–Kier alpha value is -3.04. The lowest BCUT2D eigenvalue weighted by molar-refractivity contribution is -0.153. The van der Waals surface area contributed by atoms with E-state index >= 15 is 0 Å². The number of esters is 1. The van der Waals surface area contributed by atoms with Crippen LogP contribution in [0.15, 0.2) is 6.33 Å². The summed E-state index contributed by atoms with van der Waals surface area (Å²) in [7, 11) is 0. The lowest BCUT2D eigenvalue weighted by Gasteiger charge is -2.21. The van der Waals surface area contributed by atoms with Gasteiger partial charge in [0.15, 0.2) is 6.10 Å². The van der Waals surface area contributed by atoms with Crippen LogP contribution in [-0.2, 0) is 20.7 Å². The Kier molecular flexibility index (Phi) is 5.77. The molecule has 0 unspecified atom stereocenters. The topological polar surface area (TPSA) is 128 Å². The van der Waals surface area contributed by atoms with Crippen LogP contribution in [0.2, 0.25) is 0 Å². The molecule has 3 amide bonds. The highest BCUT2D eigenvalue weighted by atomic mass is 16.5. The third-order valence-corrected chi connectivity index (χ3v) is 3.71. The number of rotatable bonds is 4. The molecular formula is C17H24N6O4. The molecular weight excluding hydrogens is 352 g/mol. The van der Waals surface area contributed by atoms with Crippen molar-refractivity contribution in [3.8, 4) is 0 Å². The van der Waals surface area contributed by atoms with E-state index in [0.717, 1.165) is 0 Å². The number of carbonyl (C=O) groups excluding carboxylic acids is 3. The first-order chi connectivity index (χ1) is 12.5. The number of ether oxygens (including phenoxy) is 1. The molecule has 0 fully saturated rings. The molecule has 10 heteroatoms. The number of aromatic nitrogens is 4. The van der Waals surface area contributed by atoms with Crippen LogP contribution in [0.4, 0.5) is 4.79 Å². The number of hydrogen-bond acceptors (Lipinski definition) is 7. The van der Waals surface area contributed by atoms with Gasteiger partial charge in [0, 0.05) is 22.5 Å². The normalized spacial score (nSPS) is 12.5. The van der Waals surface area contributed by atoms with Gasteiger partial charge in [-0.1, -0.05) is 0 Å². The fourth-order valence-corrected chi connectivity index (χ4v) is 2.43. The Morgan fingerprint density at radius 2 is 1.93 bits per heavy atom. The summed E-state index contributed by atoms with van der Waals surface area (Å²) in [6.07, 6.45) is 0.185. The van der Waals surface area contributed by atoms with Crippen LogP contribution in [0.1, 0.15) is 44.6 Å². The second-order valence-corrected chi connectivity index (χ2v) is 7.24. The third-order valence-electron chi connectivity index (χ3n) is 3.71. The fraction of sp³-hybridized carbons (Fsp3) is 0.529. The summed E-state index contributed by atoms with van der Waals surface area (Å²) in [4.78, 5) is 44.3. The molecule has 2 heterocycles. The molecule has 0 aromatic carbocycles. The minimum Gasteiger partial charge on any atom is -0.452 e. The van der Waals surface area contributed by atoms with E-state index in [9.17, 15) is 14.4 Å². The quantitative estimate of drug-likeness (QED) is 0.757. The van der Waals surface area contributed by atoms with E-state index in [0.29, 0.717) is 22.7 Å². The average molecular weight is 376 g/mol. The number of urea groups is 1. The SMILES string of the molecule is Cc1nc2ncnn2c(C)c1CC(=O)O[C@H](C)C(=O)NC(=O)NC(C)(C)C. The molecule has 0 spiro atoms. The van der Waals surface area contributed by atoms with E-state index in [1.54, 1.807) is 34.6 Å².